The summed E-state index contributed by atoms with van der Waals surface area (Å²) >= 11 is 0. The number of carboxylic acids is 1. The third-order valence-corrected chi connectivity index (χ3v) is 4.47. The van der Waals surface area contributed by atoms with Crippen molar-refractivity contribution in [3.8, 4) is 0 Å². The van der Waals surface area contributed by atoms with Crippen LogP contribution < -0.4 is 21.7 Å². The Balaban J connectivity index is 2.82. The summed E-state index contributed by atoms with van der Waals surface area (Å²) in [6.07, 6.45) is -0.787. The number of aliphatic carboxylic acids is 1. The third-order valence-electron chi connectivity index (χ3n) is 4.47. The molecular formula is C21H32N4O6. The van der Waals surface area contributed by atoms with E-state index in [2.05, 4.69) is 16.0 Å². The minimum Gasteiger partial charge on any atom is -0.480 e. The van der Waals surface area contributed by atoms with Gasteiger partial charge in [-0.25, -0.2) is 4.79 Å². The fourth-order valence-electron chi connectivity index (χ4n) is 2.86. The van der Waals surface area contributed by atoms with Gasteiger partial charge in [0.25, 0.3) is 0 Å². The lowest BCUT2D eigenvalue weighted by atomic mass is 10.0. The van der Waals surface area contributed by atoms with Gasteiger partial charge in [-0.3, -0.25) is 14.4 Å². The number of carbonyl (C=O) groups excluding carboxylic acids is 3. The Morgan fingerprint density at radius 3 is 2.13 bits per heavy atom. The largest absolute Gasteiger partial charge is 0.480 e. The van der Waals surface area contributed by atoms with E-state index in [-0.39, 0.29) is 18.9 Å². The van der Waals surface area contributed by atoms with Crippen LogP contribution in [0.25, 0.3) is 0 Å². The first-order valence-electron chi connectivity index (χ1n) is 10.1. The molecule has 10 nitrogen and oxygen atoms in total. The second kappa shape index (κ2) is 12.7. The van der Waals surface area contributed by atoms with E-state index < -0.39 is 47.9 Å². The van der Waals surface area contributed by atoms with E-state index in [0.717, 1.165) is 5.56 Å². The quantitative estimate of drug-likeness (QED) is 0.248. The van der Waals surface area contributed by atoms with E-state index in [1.54, 1.807) is 30.3 Å². The predicted molar refractivity (Wildman–Crippen MR) is 114 cm³/mol. The maximum absolute atomic E-state index is 12.7. The molecule has 0 bridgehead atoms. The molecule has 1 aromatic rings. The van der Waals surface area contributed by atoms with Crippen molar-refractivity contribution in [3.05, 3.63) is 35.9 Å². The Hall–Kier alpha value is -2.98. The molecule has 172 valence electrons. The zero-order valence-electron chi connectivity index (χ0n) is 18.0. The number of aliphatic hydroxyl groups excluding tert-OH is 1. The lowest BCUT2D eigenvalue weighted by Gasteiger charge is -2.23. The van der Waals surface area contributed by atoms with Crippen LogP contribution in [0.5, 0.6) is 0 Å². The van der Waals surface area contributed by atoms with Crippen LogP contribution in [0.15, 0.2) is 30.3 Å². The number of nitrogens with one attached hydrogen (secondary N) is 3. The van der Waals surface area contributed by atoms with Gasteiger partial charge in [0.15, 0.2) is 6.04 Å². The van der Waals surface area contributed by atoms with Crippen LogP contribution in [0, 0.1) is 5.92 Å². The second-order valence-electron chi connectivity index (χ2n) is 7.83. The van der Waals surface area contributed by atoms with E-state index >= 15 is 0 Å². The highest BCUT2D eigenvalue weighted by Crippen LogP contribution is 2.05. The van der Waals surface area contributed by atoms with E-state index in [9.17, 15) is 29.4 Å². The summed E-state index contributed by atoms with van der Waals surface area (Å²) in [6.45, 7) is 4.69. The topological polar surface area (TPSA) is 171 Å². The average molecular weight is 437 g/mol. The molecule has 0 aliphatic carbocycles. The maximum Gasteiger partial charge on any atom is 0.328 e. The fraction of sp³-hybridized carbons (Fsp3) is 0.524. The number of rotatable bonds is 12. The Labute approximate surface area is 181 Å². The van der Waals surface area contributed by atoms with Crippen LogP contribution >= 0.6 is 0 Å². The summed E-state index contributed by atoms with van der Waals surface area (Å²) in [7, 11) is 0. The summed E-state index contributed by atoms with van der Waals surface area (Å²) < 4.78 is 0. The van der Waals surface area contributed by atoms with Gasteiger partial charge in [-0.1, -0.05) is 44.2 Å². The number of nitrogens with two attached hydrogens (primary N) is 1. The number of amides is 3. The first-order valence-corrected chi connectivity index (χ1v) is 10.1. The third kappa shape index (κ3) is 9.58. The first-order chi connectivity index (χ1) is 14.5. The van der Waals surface area contributed by atoms with E-state index in [0.29, 0.717) is 6.42 Å². The zero-order valence-corrected chi connectivity index (χ0v) is 18.0. The minimum absolute atomic E-state index is 0.0887. The smallest absolute Gasteiger partial charge is 0.328 e. The SMILES string of the molecule is CC(C)CC(N)C(=O)NCC(=O)NC(Cc1ccccc1)C(=O)NC(C(=O)O)C(C)O. The highest BCUT2D eigenvalue weighted by molar-refractivity contribution is 5.92. The van der Waals surface area contributed by atoms with Crippen molar-refractivity contribution in [1.82, 2.24) is 16.0 Å². The van der Waals surface area contributed by atoms with Crippen molar-refractivity contribution in [3.63, 3.8) is 0 Å². The fourth-order valence-corrected chi connectivity index (χ4v) is 2.86. The molecule has 7 N–H and O–H groups in total. The molecule has 0 spiro atoms. The molecule has 1 rings (SSSR count). The number of benzene rings is 1. The highest BCUT2D eigenvalue weighted by Gasteiger charge is 2.29. The minimum atomic E-state index is -1.53. The summed E-state index contributed by atoms with van der Waals surface area (Å²) in [4.78, 5) is 48.3. The summed E-state index contributed by atoms with van der Waals surface area (Å²) in [5.74, 6) is -3.07. The molecule has 31 heavy (non-hydrogen) atoms. The van der Waals surface area contributed by atoms with Gasteiger partial charge in [-0.05, 0) is 24.8 Å². The average Bonchev–Trinajstić information content (AvgIpc) is 2.69. The molecule has 0 saturated carbocycles. The molecule has 0 aliphatic rings. The van der Waals surface area contributed by atoms with Crippen molar-refractivity contribution in [2.24, 2.45) is 11.7 Å². The number of carboxylic acid groups (broad SMARTS) is 1. The molecule has 4 unspecified atom stereocenters. The highest BCUT2D eigenvalue weighted by atomic mass is 16.4. The molecule has 10 heteroatoms. The van der Waals surface area contributed by atoms with Gasteiger partial charge < -0.3 is 31.9 Å². The van der Waals surface area contributed by atoms with Gasteiger partial charge >= 0.3 is 5.97 Å². The Bertz CT molecular complexity index is 753. The molecule has 1 aromatic carbocycles. The molecular weight excluding hydrogens is 404 g/mol. The lowest BCUT2D eigenvalue weighted by molar-refractivity contribution is -0.145. The number of hydrogen-bond acceptors (Lipinski definition) is 6. The zero-order chi connectivity index (χ0) is 23.6. The molecule has 0 fully saturated rings. The number of aliphatic hydroxyl groups is 1. The summed E-state index contributed by atoms with van der Waals surface area (Å²) in [5.41, 5.74) is 6.51. The molecule has 0 aromatic heterocycles. The van der Waals surface area contributed by atoms with Gasteiger partial charge in [0.1, 0.15) is 6.04 Å². The molecule has 0 saturated heterocycles. The number of carbonyl (C=O) groups is 4. The van der Waals surface area contributed by atoms with Gasteiger partial charge in [-0.15, -0.1) is 0 Å². The molecule has 3 amide bonds. The standard InChI is InChI=1S/C21H32N4O6/c1-12(2)9-15(22)19(28)23-11-17(27)24-16(10-14-7-5-4-6-8-14)20(29)25-18(13(3)26)21(30)31/h4-8,12-13,15-16,18,26H,9-11,22H2,1-3H3,(H,23,28)(H,24,27)(H,25,29)(H,30,31). The van der Waals surface area contributed by atoms with Crippen molar-refractivity contribution in [2.45, 2.75) is 57.8 Å². The van der Waals surface area contributed by atoms with Crippen LogP contribution in [-0.4, -0.2) is 64.7 Å². The van der Waals surface area contributed by atoms with E-state index in [1.165, 1.54) is 6.92 Å². The van der Waals surface area contributed by atoms with E-state index in [4.69, 9.17) is 5.73 Å². The number of hydrogen-bond donors (Lipinski definition) is 6. The van der Waals surface area contributed by atoms with Gasteiger partial charge in [0, 0.05) is 6.42 Å². The van der Waals surface area contributed by atoms with Crippen molar-refractivity contribution >= 4 is 23.7 Å². The molecule has 0 heterocycles. The van der Waals surface area contributed by atoms with Gasteiger partial charge in [0.05, 0.1) is 18.7 Å². The van der Waals surface area contributed by atoms with Crippen molar-refractivity contribution in [1.29, 1.82) is 0 Å². The van der Waals surface area contributed by atoms with Crippen molar-refractivity contribution in [2.75, 3.05) is 6.54 Å². The van der Waals surface area contributed by atoms with Crippen LogP contribution in [0.2, 0.25) is 0 Å². The van der Waals surface area contributed by atoms with Gasteiger partial charge in [0.2, 0.25) is 17.7 Å². The first kappa shape index (κ1) is 26.1. The Morgan fingerprint density at radius 1 is 1.00 bits per heavy atom. The monoisotopic (exact) mass is 436 g/mol. The normalized spacial score (nSPS) is 14.8. The molecule has 0 aliphatic heterocycles. The van der Waals surface area contributed by atoms with Crippen LogP contribution in [-0.2, 0) is 25.6 Å². The molecule has 4 atom stereocenters. The summed E-state index contributed by atoms with van der Waals surface area (Å²) in [5, 5.41) is 26.0. The van der Waals surface area contributed by atoms with Gasteiger partial charge in [-0.2, -0.15) is 0 Å². The van der Waals surface area contributed by atoms with E-state index in [1.807, 2.05) is 13.8 Å². The lowest BCUT2D eigenvalue weighted by Crippen LogP contribution is -2.56. The van der Waals surface area contributed by atoms with Crippen LogP contribution in [0.4, 0.5) is 0 Å². The second-order valence-corrected chi connectivity index (χ2v) is 7.83. The Kier molecular flexibility index (Phi) is 10.6. The predicted octanol–water partition coefficient (Wildman–Crippen LogP) is -0.846. The van der Waals surface area contributed by atoms with Crippen molar-refractivity contribution < 1.29 is 29.4 Å². The molecule has 0 radical (unpaired) electrons. The summed E-state index contributed by atoms with van der Waals surface area (Å²) in [6, 6.07) is 5.43. The van der Waals surface area contributed by atoms with Crippen LogP contribution in [0.3, 0.4) is 0 Å². The Morgan fingerprint density at radius 2 is 1.61 bits per heavy atom. The maximum atomic E-state index is 12.7. The van der Waals surface area contributed by atoms with Crippen LogP contribution in [0.1, 0.15) is 32.8 Å².